The Morgan fingerprint density at radius 3 is 2.62 bits per heavy atom. The van der Waals surface area contributed by atoms with Crippen molar-refractivity contribution in [3.63, 3.8) is 0 Å². The monoisotopic (exact) mass is 184 g/mol. The van der Waals surface area contributed by atoms with Crippen molar-refractivity contribution >= 4 is 0 Å². The van der Waals surface area contributed by atoms with Crippen LogP contribution in [0.5, 0.6) is 0 Å². The molecular formula is C12H26N+. The van der Waals surface area contributed by atoms with E-state index < -0.39 is 0 Å². The van der Waals surface area contributed by atoms with Crippen molar-refractivity contribution in [2.45, 2.75) is 52.5 Å². The summed E-state index contributed by atoms with van der Waals surface area (Å²) < 4.78 is 1.33. The highest BCUT2D eigenvalue weighted by atomic mass is 15.4. The number of hydrogen-bond donors (Lipinski definition) is 0. The topological polar surface area (TPSA) is 0 Å². The Kier molecular flexibility index (Phi) is 3.78. The average Bonchev–Trinajstić information content (AvgIpc) is 2.11. The summed E-state index contributed by atoms with van der Waals surface area (Å²) in [4.78, 5) is 0. The minimum atomic E-state index is 0.875. The Labute approximate surface area is 83.7 Å². The van der Waals surface area contributed by atoms with Crippen LogP contribution in [0.1, 0.15) is 46.5 Å². The van der Waals surface area contributed by atoms with E-state index >= 15 is 0 Å². The van der Waals surface area contributed by atoms with Gasteiger partial charge >= 0.3 is 0 Å². The van der Waals surface area contributed by atoms with Crippen LogP contribution in [0.15, 0.2) is 0 Å². The maximum absolute atomic E-state index is 2.45. The first kappa shape index (κ1) is 11.0. The lowest BCUT2D eigenvalue weighted by Crippen LogP contribution is -2.57. The van der Waals surface area contributed by atoms with E-state index in [0.717, 1.165) is 12.0 Å². The first-order valence-corrected chi connectivity index (χ1v) is 5.94. The highest BCUT2D eigenvalue weighted by molar-refractivity contribution is 4.68. The van der Waals surface area contributed by atoms with Crippen LogP contribution >= 0.6 is 0 Å². The number of piperidine rings is 1. The number of hydrogen-bond acceptors (Lipinski definition) is 0. The van der Waals surface area contributed by atoms with Crippen molar-refractivity contribution < 1.29 is 4.48 Å². The molecule has 1 nitrogen and oxygen atoms in total. The molecule has 1 rings (SSSR count). The molecule has 0 amide bonds. The molecule has 0 bridgehead atoms. The second kappa shape index (κ2) is 4.45. The van der Waals surface area contributed by atoms with Crippen LogP contribution in [0.2, 0.25) is 0 Å². The molecule has 3 atom stereocenters. The third kappa shape index (κ3) is 2.46. The smallest absolute Gasteiger partial charge is 0.0885 e. The van der Waals surface area contributed by atoms with E-state index in [1.165, 1.54) is 43.3 Å². The molecule has 0 spiro atoms. The lowest BCUT2D eigenvalue weighted by molar-refractivity contribution is -0.940. The van der Waals surface area contributed by atoms with Gasteiger partial charge in [0.25, 0.3) is 0 Å². The number of rotatable bonds is 3. The zero-order chi connectivity index (χ0) is 9.90. The van der Waals surface area contributed by atoms with Crippen molar-refractivity contribution in [1.29, 1.82) is 0 Å². The van der Waals surface area contributed by atoms with Crippen molar-refractivity contribution in [1.82, 2.24) is 0 Å². The van der Waals surface area contributed by atoms with E-state index in [1.54, 1.807) is 0 Å². The molecule has 0 aromatic rings. The Bertz CT molecular complexity index is 155. The highest BCUT2D eigenvalue weighted by Crippen LogP contribution is 2.28. The second-order valence-corrected chi connectivity index (χ2v) is 5.14. The zero-order valence-corrected chi connectivity index (χ0v) is 9.84. The molecule has 0 aromatic heterocycles. The minimum Gasteiger partial charge on any atom is -0.324 e. The lowest BCUT2D eigenvalue weighted by Gasteiger charge is -2.46. The quantitative estimate of drug-likeness (QED) is 0.591. The van der Waals surface area contributed by atoms with Crippen LogP contribution < -0.4 is 0 Å². The summed E-state index contributed by atoms with van der Waals surface area (Å²) in [5, 5.41) is 0. The van der Waals surface area contributed by atoms with Crippen LogP contribution in [-0.2, 0) is 0 Å². The summed E-state index contributed by atoms with van der Waals surface area (Å²) in [7, 11) is 2.45. The summed E-state index contributed by atoms with van der Waals surface area (Å²) in [6, 6.07) is 0.875. The summed E-state index contributed by atoms with van der Waals surface area (Å²) in [5.74, 6) is 0.926. The Hall–Kier alpha value is -0.0400. The first-order valence-electron chi connectivity index (χ1n) is 5.94. The molecule has 1 saturated heterocycles. The third-order valence-corrected chi connectivity index (χ3v) is 4.16. The third-order valence-electron chi connectivity index (χ3n) is 4.16. The summed E-state index contributed by atoms with van der Waals surface area (Å²) >= 11 is 0. The maximum Gasteiger partial charge on any atom is 0.0885 e. The van der Waals surface area contributed by atoms with E-state index in [9.17, 15) is 0 Å². The zero-order valence-electron chi connectivity index (χ0n) is 9.84. The number of likely N-dealkylation sites (tertiary alicyclic amines) is 1. The second-order valence-electron chi connectivity index (χ2n) is 5.14. The van der Waals surface area contributed by atoms with Crippen LogP contribution in [0.25, 0.3) is 0 Å². The van der Waals surface area contributed by atoms with E-state index in [1.807, 2.05) is 0 Å². The van der Waals surface area contributed by atoms with Crippen molar-refractivity contribution in [2.24, 2.45) is 5.92 Å². The molecular weight excluding hydrogens is 158 g/mol. The van der Waals surface area contributed by atoms with Crippen LogP contribution in [0.3, 0.4) is 0 Å². The molecule has 0 radical (unpaired) electrons. The van der Waals surface area contributed by atoms with E-state index in [0.29, 0.717) is 0 Å². The fourth-order valence-corrected chi connectivity index (χ4v) is 2.67. The first-order chi connectivity index (χ1) is 6.10. The summed E-state index contributed by atoms with van der Waals surface area (Å²) in [6.45, 7) is 9.96. The van der Waals surface area contributed by atoms with Crippen molar-refractivity contribution in [3.8, 4) is 0 Å². The molecule has 0 aliphatic carbocycles. The highest BCUT2D eigenvalue weighted by Gasteiger charge is 2.35. The number of unbranched alkanes of at least 4 members (excludes halogenated alkanes) is 1. The van der Waals surface area contributed by atoms with Gasteiger partial charge in [-0.25, -0.2) is 0 Å². The number of quaternary nitrogens is 1. The molecule has 1 fully saturated rings. The van der Waals surface area contributed by atoms with Gasteiger partial charge in [-0.05, 0) is 26.2 Å². The van der Waals surface area contributed by atoms with E-state index in [2.05, 4.69) is 27.8 Å². The SMILES string of the molecule is CCCC[N@@+]1(C)CCCC(C)C1C. The maximum atomic E-state index is 2.45. The van der Waals surface area contributed by atoms with Crippen molar-refractivity contribution in [2.75, 3.05) is 20.1 Å². The van der Waals surface area contributed by atoms with E-state index in [4.69, 9.17) is 0 Å². The molecule has 1 heterocycles. The fourth-order valence-electron chi connectivity index (χ4n) is 2.67. The molecule has 1 heteroatoms. The van der Waals surface area contributed by atoms with Gasteiger partial charge in [-0.2, -0.15) is 0 Å². The molecule has 1 aliphatic rings. The Morgan fingerprint density at radius 2 is 2.00 bits per heavy atom. The summed E-state index contributed by atoms with van der Waals surface area (Å²) in [6.07, 6.45) is 5.62. The minimum absolute atomic E-state index is 0.875. The van der Waals surface area contributed by atoms with Crippen LogP contribution in [0, 0.1) is 5.92 Å². The molecule has 0 aromatic carbocycles. The lowest BCUT2D eigenvalue weighted by atomic mass is 9.89. The van der Waals surface area contributed by atoms with Crippen LogP contribution in [-0.4, -0.2) is 30.7 Å². The predicted octanol–water partition coefficient (Wildman–Crippen LogP) is 3.05. The van der Waals surface area contributed by atoms with Gasteiger partial charge in [-0.15, -0.1) is 0 Å². The van der Waals surface area contributed by atoms with Gasteiger partial charge < -0.3 is 4.48 Å². The summed E-state index contributed by atoms with van der Waals surface area (Å²) in [5.41, 5.74) is 0. The molecule has 0 saturated carbocycles. The fraction of sp³-hybridized carbons (Fsp3) is 1.00. The molecule has 2 unspecified atom stereocenters. The number of nitrogens with zero attached hydrogens (tertiary/aromatic N) is 1. The molecule has 0 N–H and O–H groups in total. The average molecular weight is 184 g/mol. The molecule has 78 valence electrons. The van der Waals surface area contributed by atoms with Gasteiger partial charge in [0.05, 0.1) is 26.2 Å². The predicted molar refractivity (Wildman–Crippen MR) is 58.7 cm³/mol. The van der Waals surface area contributed by atoms with E-state index in [-0.39, 0.29) is 0 Å². The Morgan fingerprint density at radius 1 is 1.31 bits per heavy atom. The van der Waals surface area contributed by atoms with Gasteiger partial charge in [-0.3, -0.25) is 0 Å². The van der Waals surface area contributed by atoms with Gasteiger partial charge in [0.1, 0.15) is 0 Å². The molecule has 13 heavy (non-hydrogen) atoms. The largest absolute Gasteiger partial charge is 0.324 e. The normalized spacial score (nSPS) is 40.6. The standard InChI is InChI=1S/C12H26N/c1-5-6-9-13(4)10-7-8-11(2)12(13)3/h11-12H,5-10H2,1-4H3/q+1/t11?,12?,13-/m0/s1. The van der Waals surface area contributed by atoms with Gasteiger partial charge in [-0.1, -0.05) is 20.3 Å². The van der Waals surface area contributed by atoms with Crippen molar-refractivity contribution in [3.05, 3.63) is 0 Å². The molecule has 1 aliphatic heterocycles. The van der Waals surface area contributed by atoms with Crippen LogP contribution in [0.4, 0.5) is 0 Å². The van der Waals surface area contributed by atoms with Gasteiger partial charge in [0.15, 0.2) is 0 Å². The van der Waals surface area contributed by atoms with Gasteiger partial charge in [0, 0.05) is 5.92 Å². The Balaban J connectivity index is 2.53. The van der Waals surface area contributed by atoms with Gasteiger partial charge in [0.2, 0.25) is 0 Å².